The van der Waals surface area contributed by atoms with Gasteiger partial charge in [0.05, 0.1) is 0 Å². The molecule has 0 aliphatic heterocycles. The second-order valence-electron chi connectivity index (χ2n) is 4.28. The average Bonchev–Trinajstić information content (AvgIpc) is 2.70. The van der Waals surface area contributed by atoms with E-state index in [1.54, 1.807) is 6.20 Å². The minimum atomic E-state index is 0.332. The molecular weight excluding hydrogens is 188 g/mol. The first-order valence-corrected chi connectivity index (χ1v) is 5.61. The lowest BCUT2D eigenvalue weighted by Crippen LogP contribution is -2.24. The molecule has 3 N–H and O–H groups in total. The van der Waals surface area contributed by atoms with Crippen molar-refractivity contribution in [2.75, 3.05) is 11.1 Å². The van der Waals surface area contributed by atoms with E-state index in [4.69, 9.17) is 5.73 Å². The summed E-state index contributed by atoms with van der Waals surface area (Å²) in [6.07, 6.45) is 7.07. The van der Waals surface area contributed by atoms with Crippen LogP contribution in [0.25, 0.3) is 0 Å². The Kier molecular flexibility index (Phi) is 3.04. The molecule has 0 aromatic carbocycles. The number of aromatic nitrogens is 2. The number of rotatable bonds is 3. The molecule has 1 aromatic heterocycles. The van der Waals surface area contributed by atoms with E-state index in [1.165, 1.54) is 25.7 Å². The zero-order chi connectivity index (χ0) is 10.7. The molecule has 4 heteroatoms. The van der Waals surface area contributed by atoms with Gasteiger partial charge in [0.2, 0.25) is 5.95 Å². The van der Waals surface area contributed by atoms with Gasteiger partial charge in [-0.05, 0) is 31.7 Å². The van der Waals surface area contributed by atoms with Crippen LogP contribution in [-0.4, -0.2) is 16.0 Å². The molecule has 1 heterocycles. The quantitative estimate of drug-likeness (QED) is 0.794. The summed E-state index contributed by atoms with van der Waals surface area (Å²) in [5.74, 6) is 1.95. The van der Waals surface area contributed by atoms with Crippen LogP contribution >= 0.6 is 0 Å². The zero-order valence-electron chi connectivity index (χ0n) is 9.11. The van der Waals surface area contributed by atoms with Crippen molar-refractivity contribution >= 4 is 11.8 Å². The number of hydrogen-bond acceptors (Lipinski definition) is 4. The third kappa shape index (κ3) is 2.58. The van der Waals surface area contributed by atoms with Crippen molar-refractivity contribution in [1.82, 2.24) is 9.97 Å². The van der Waals surface area contributed by atoms with Crippen molar-refractivity contribution in [3.05, 3.63) is 12.3 Å². The molecule has 1 aliphatic rings. The topological polar surface area (TPSA) is 63.8 Å². The van der Waals surface area contributed by atoms with Crippen molar-refractivity contribution in [1.29, 1.82) is 0 Å². The standard InChI is InChI=1S/C11H18N4/c1-8(9-4-2-3-5-9)14-10-6-7-13-11(12)15-10/h6-9H,2-5H2,1H3,(H3,12,13,14,15). The lowest BCUT2D eigenvalue weighted by molar-refractivity contribution is 0.481. The van der Waals surface area contributed by atoms with Gasteiger partial charge in [-0.25, -0.2) is 4.98 Å². The fourth-order valence-electron chi connectivity index (χ4n) is 2.26. The van der Waals surface area contributed by atoms with Crippen molar-refractivity contribution < 1.29 is 0 Å². The Morgan fingerprint density at radius 2 is 2.20 bits per heavy atom. The average molecular weight is 206 g/mol. The minimum absolute atomic E-state index is 0.332. The number of nitrogens with one attached hydrogen (secondary N) is 1. The molecule has 15 heavy (non-hydrogen) atoms. The van der Waals surface area contributed by atoms with Gasteiger partial charge in [-0.1, -0.05) is 12.8 Å². The van der Waals surface area contributed by atoms with Crippen LogP contribution in [0, 0.1) is 5.92 Å². The Morgan fingerprint density at radius 1 is 1.47 bits per heavy atom. The summed E-state index contributed by atoms with van der Waals surface area (Å²) in [6.45, 7) is 2.22. The fraction of sp³-hybridized carbons (Fsp3) is 0.636. The molecule has 1 saturated carbocycles. The van der Waals surface area contributed by atoms with Gasteiger partial charge in [-0.2, -0.15) is 4.98 Å². The molecule has 0 bridgehead atoms. The van der Waals surface area contributed by atoms with E-state index < -0.39 is 0 Å². The summed E-state index contributed by atoms with van der Waals surface area (Å²) in [6, 6.07) is 2.34. The Bertz CT molecular complexity index is 320. The molecule has 82 valence electrons. The molecule has 1 atom stereocenters. The smallest absolute Gasteiger partial charge is 0.221 e. The number of hydrogen-bond donors (Lipinski definition) is 2. The summed E-state index contributed by atoms with van der Waals surface area (Å²) in [5, 5.41) is 3.39. The van der Waals surface area contributed by atoms with Crippen LogP contribution in [0.15, 0.2) is 12.3 Å². The maximum atomic E-state index is 5.53. The predicted molar refractivity (Wildman–Crippen MR) is 61.5 cm³/mol. The molecule has 0 saturated heterocycles. The monoisotopic (exact) mass is 206 g/mol. The Hall–Kier alpha value is -1.32. The molecule has 1 unspecified atom stereocenters. The number of nitrogens with zero attached hydrogens (tertiary/aromatic N) is 2. The molecule has 2 rings (SSSR count). The van der Waals surface area contributed by atoms with Crippen LogP contribution in [0.3, 0.4) is 0 Å². The molecular formula is C11H18N4. The van der Waals surface area contributed by atoms with E-state index in [0.717, 1.165) is 11.7 Å². The highest BCUT2D eigenvalue weighted by Crippen LogP contribution is 2.28. The van der Waals surface area contributed by atoms with Gasteiger partial charge in [-0.15, -0.1) is 0 Å². The van der Waals surface area contributed by atoms with E-state index >= 15 is 0 Å². The Labute approximate surface area is 90.3 Å². The third-order valence-corrected chi connectivity index (χ3v) is 3.16. The molecule has 1 aliphatic carbocycles. The number of nitrogen functional groups attached to an aromatic ring is 1. The van der Waals surface area contributed by atoms with Crippen LogP contribution in [0.2, 0.25) is 0 Å². The Morgan fingerprint density at radius 3 is 2.87 bits per heavy atom. The van der Waals surface area contributed by atoms with Gasteiger partial charge >= 0.3 is 0 Å². The van der Waals surface area contributed by atoms with Crippen molar-refractivity contribution in [2.45, 2.75) is 38.6 Å². The van der Waals surface area contributed by atoms with Crippen molar-refractivity contribution in [3.63, 3.8) is 0 Å². The first-order chi connectivity index (χ1) is 7.25. The van der Waals surface area contributed by atoms with Crippen LogP contribution in [0.1, 0.15) is 32.6 Å². The van der Waals surface area contributed by atoms with Crippen molar-refractivity contribution in [3.8, 4) is 0 Å². The number of nitrogens with two attached hydrogens (primary N) is 1. The largest absolute Gasteiger partial charge is 0.368 e. The maximum Gasteiger partial charge on any atom is 0.221 e. The fourth-order valence-corrected chi connectivity index (χ4v) is 2.26. The molecule has 4 nitrogen and oxygen atoms in total. The van der Waals surface area contributed by atoms with E-state index in [9.17, 15) is 0 Å². The van der Waals surface area contributed by atoms with Crippen LogP contribution in [-0.2, 0) is 0 Å². The highest BCUT2D eigenvalue weighted by molar-refractivity contribution is 5.38. The second-order valence-corrected chi connectivity index (χ2v) is 4.28. The summed E-state index contributed by atoms with van der Waals surface area (Å²) < 4.78 is 0. The summed E-state index contributed by atoms with van der Waals surface area (Å²) >= 11 is 0. The maximum absolute atomic E-state index is 5.53. The molecule has 0 radical (unpaired) electrons. The second kappa shape index (κ2) is 4.47. The molecule has 1 fully saturated rings. The minimum Gasteiger partial charge on any atom is -0.368 e. The molecule has 1 aromatic rings. The van der Waals surface area contributed by atoms with E-state index in [-0.39, 0.29) is 0 Å². The first kappa shape index (κ1) is 10.2. The predicted octanol–water partition coefficient (Wildman–Crippen LogP) is 2.05. The highest BCUT2D eigenvalue weighted by atomic mass is 15.1. The van der Waals surface area contributed by atoms with Crippen LogP contribution < -0.4 is 11.1 Å². The number of anilines is 2. The zero-order valence-corrected chi connectivity index (χ0v) is 9.11. The molecule has 0 amide bonds. The summed E-state index contributed by atoms with van der Waals surface area (Å²) in [7, 11) is 0. The van der Waals surface area contributed by atoms with Crippen LogP contribution in [0.5, 0.6) is 0 Å². The third-order valence-electron chi connectivity index (χ3n) is 3.16. The van der Waals surface area contributed by atoms with E-state index in [1.807, 2.05) is 6.07 Å². The van der Waals surface area contributed by atoms with Gasteiger partial charge < -0.3 is 11.1 Å². The lowest BCUT2D eigenvalue weighted by Gasteiger charge is -2.20. The lowest BCUT2D eigenvalue weighted by atomic mass is 10.00. The summed E-state index contributed by atoms with van der Waals surface area (Å²) in [5.41, 5.74) is 5.53. The van der Waals surface area contributed by atoms with Gasteiger partial charge in [0.1, 0.15) is 5.82 Å². The van der Waals surface area contributed by atoms with Crippen LogP contribution in [0.4, 0.5) is 11.8 Å². The van der Waals surface area contributed by atoms with Gasteiger partial charge in [0.25, 0.3) is 0 Å². The van der Waals surface area contributed by atoms with E-state index in [2.05, 4.69) is 22.2 Å². The normalized spacial score (nSPS) is 19.0. The Balaban J connectivity index is 1.95. The first-order valence-electron chi connectivity index (χ1n) is 5.61. The summed E-state index contributed by atoms with van der Waals surface area (Å²) in [4.78, 5) is 8.01. The highest BCUT2D eigenvalue weighted by Gasteiger charge is 2.21. The van der Waals surface area contributed by atoms with E-state index in [0.29, 0.717) is 12.0 Å². The van der Waals surface area contributed by atoms with Gasteiger partial charge in [0, 0.05) is 12.2 Å². The van der Waals surface area contributed by atoms with Gasteiger partial charge in [-0.3, -0.25) is 0 Å². The molecule has 0 spiro atoms. The van der Waals surface area contributed by atoms with Crippen molar-refractivity contribution in [2.24, 2.45) is 5.92 Å². The SMILES string of the molecule is CC(Nc1ccnc(N)n1)C1CCCC1. The van der Waals surface area contributed by atoms with Gasteiger partial charge in [0.15, 0.2) is 0 Å².